The maximum Gasteiger partial charge on any atom is 0.323 e. The van der Waals surface area contributed by atoms with Crippen LogP contribution in [-0.4, -0.2) is 39.2 Å². The van der Waals surface area contributed by atoms with E-state index < -0.39 is 0 Å². The van der Waals surface area contributed by atoms with Crippen molar-refractivity contribution in [1.29, 1.82) is 0 Å². The van der Waals surface area contributed by atoms with Crippen LogP contribution < -0.4 is 5.32 Å². The number of amides is 2. The quantitative estimate of drug-likeness (QED) is 0.844. The zero-order valence-electron chi connectivity index (χ0n) is 13.2. The predicted octanol–water partition coefficient (Wildman–Crippen LogP) is 3.63. The molecule has 0 unspecified atom stereocenters. The van der Waals surface area contributed by atoms with Gasteiger partial charge in [0.1, 0.15) is 5.82 Å². The van der Waals surface area contributed by atoms with Gasteiger partial charge in [-0.25, -0.2) is 9.78 Å². The first kappa shape index (κ1) is 16.9. The van der Waals surface area contributed by atoms with Crippen molar-refractivity contribution < 1.29 is 9.59 Å². The Kier molecular flexibility index (Phi) is 5.11. The van der Waals surface area contributed by atoms with Gasteiger partial charge >= 0.3 is 6.03 Å². The van der Waals surface area contributed by atoms with Gasteiger partial charge in [-0.2, -0.15) is 4.37 Å². The fourth-order valence-corrected chi connectivity index (χ4v) is 3.40. The Morgan fingerprint density at radius 1 is 1.25 bits per heavy atom. The predicted molar refractivity (Wildman–Crippen MR) is 93.7 cm³/mol. The first-order chi connectivity index (χ1) is 11.5. The van der Waals surface area contributed by atoms with Crippen LogP contribution in [0.3, 0.4) is 0 Å². The van der Waals surface area contributed by atoms with Crippen molar-refractivity contribution in [1.82, 2.24) is 14.3 Å². The molecule has 0 spiro atoms. The van der Waals surface area contributed by atoms with E-state index in [4.69, 9.17) is 11.6 Å². The van der Waals surface area contributed by atoms with E-state index in [2.05, 4.69) is 14.7 Å². The van der Waals surface area contributed by atoms with Crippen molar-refractivity contribution in [2.75, 3.05) is 18.4 Å². The second-order valence-electron chi connectivity index (χ2n) is 5.71. The first-order valence-corrected chi connectivity index (χ1v) is 8.84. The number of piperidine rings is 1. The second-order valence-corrected chi connectivity index (χ2v) is 6.90. The summed E-state index contributed by atoms with van der Waals surface area (Å²) >= 11 is 7.01. The molecule has 24 heavy (non-hydrogen) atoms. The summed E-state index contributed by atoms with van der Waals surface area (Å²) in [7, 11) is 0. The monoisotopic (exact) mass is 364 g/mol. The minimum absolute atomic E-state index is 0.0565. The number of anilines is 1. The van der Waals surface area contributed by atoms with E-state index in [0.29, 0.717) is 47.5 Å². The van der Waals surface area contributed by atoms with E-state index in [-0.39, 0.29) is 17.7 Å². The highest BCUT2D eigenvalue weighted by Gasteiger charge is 2.28. The number of hydrogen-bond donors (Lipinski definition) is 1. The lowest BCUT2D eigenvalue weighted by Gasteiger charge is -2.31. The molecule has 1 aliphatic heterocycles. The van der Waals surface area contributed by atoms with Crippen LogP contribution in [0.4, 0.5) is 9.93 Å². The van der Waals surface area contributed by atoms with E-state index in [1.807, 2.05) is 0 Å². The summed E-state index contributed by atoms with van der Waals surface area (Å²) in [5, 5.41) is 3.86. The van der Waals surface area contributed by atoms with Crippen molar-refractivity contribution in [2.45, 2.75) is 19.8 Å². The topological polar surface area (TPSA) is 75.2 Å². The zero-order chi connectivity index (χ0) is 17.1. The molecule has 0 radical (unpaired) electrons. The van der Waals surface area contributed by atoms with Gasteiger partial charge in [-0.3, -0.25) is 10.1 Å². The summed E-state index contributed by atoms with van der Waals surface area (Å²) < 4.78 is 4.03. The van der Waals surface area contributed by atoms with Gasteiger partial charge in [-0.15, -0.1) is 0 Å². The Labute approximate surface area is 149 Å². The van der Waals surface area contributed by atoms with Crippen LogP contribution in [0, 0.1) is 12.8 Å². The highest BCUT2D eigenvalue weighted by molar-refractivity contribution is 7.09. The van der Waals surface area contributed by atoms with E-state index in [9.17, 15) is 9.59 Å². The normalized spacial score (nSPS) is 15.3. The molecule has 1 aromatic heterocycles. The number of Topliss-reactive ketones (excluding diaryl/α,β-unsaturated/α-hetero) is 1. The lowest BCUT2D eigenvalue weighted by Crippen LogP contribution is -2.42. The molecule has 6 nitrogen and oxygen atoms in total. The number of hydrogen-bond acceptors (Lipinski definition) is 5. The molecule has 1 fully saturated rings. The Morgan fingerprint density at radius 2 is 1.92 bits per heavy atom. The summed E-state index contributed by atoms with van der Waals surface area (Å²) in [5.74, 6) is 0.702. The van der Waals surface area contributed by atoms with Gasteiger partial charge in [0.05, 0.1) is 0 Å². The first-order valence-electron chi connectivity index (χ1n) is 7.69. The van der Waals surface area contributed by atoms with Gasteiger partial charge in [0.25, 0.3) is 0 Å². The van der Waals surface area contributed by atoms with Crippen molar-refractivity contribution in [3.8, 4) is 0 Å². The number of ketones is 1. The average Bonchev–Trinajstić information content (AvgIpc) is 3.00. The SMILES string of the molecule is Cc1nsc(NC(=O)N2CCC(C(=O)c3ccc(Cl)cc3)CC2)n1. The van der Waals surface area contributed by atoms with Gasteiger partial charge in [0.15, 0.2) is 5.78 Å². The van der Waals surface area contributed by atoms with E-state index in [1.165, 1.54) is 0 Å². The fourth-order valence-electron chi connectivity index (χ4n) is 2.71. The maximum absolute atomic E-state index is 12.5. The lowest BCUT2D eigenvalue weighted by molar-refractivity contribution is 0.0859. The summed E-state index contributed by atoms with van der Waals surface area (Å²) in [4.78, 5) is 30.5. The van der Waals surface area contributed by atoms with Crippen LogP contribution in [0.1, 0.15) is 29.0 Å². The molecular formula is C16H17ClN4O2S. The second kappa shape index (κ2) is 7.27. The highest BCUT2D eigenvalue weighted by Crippen LogP contribution is 2.23. The molecule has 0 atom stereocenters. The standard InChI is InChI=1S/C16H17ClN4O2S/c1-10-18-15(24-20-10)19-16(23)21-8-6-12(7-9-21)14(22)11-2-4-13(17)5-3-11/h2-5,12H,6-9H2,1H3,(H,18,19,20,23). The molecular weight excluding hydrogens is 348 g/mol. The largest absolute Gasteiger partial charge is 0.324 e. The molecule has 0 aliphatic carbocycles. The Morgan fingerprint density at radius 3 is 2.50 bits per heavy atom. The number of urea groups is 1. The molecule has 0 saturated carbocycles. The minimum atomic E-state index is -0.191. The van der Waals surface area contributed by atoms with Crippen LogP contribution in [0.2, 0.25) is 5.02 Å². The Balaban J connectivity index is 1.54. The smallest absolute Gasteiger partial charge is 0.323 e. The summed E-state index contributed by atoms with van der Waals surface area (Å²) in [6.45, 7) is 2.88. The van der Waals surface area contributed by atoms with Gasteiger partial charge < -0.3 is 4.90 Å². The van der Waals surface area contributed by atoms with Crippen molar-refractivity contribution in [3.05, 3.63) is 40.7 Å². The van der Waals surface area contributed by atoms with Gasteiger partial charge in [0.2, 0.25) is 5.13 Å². The summed E-state index contributed by atoms with van der Waals surface area (Å²) in [6.07, 6.45) is 1.31. The lowest BCUT2D eigenvalue weighted by atomic mass is 9.89. The molecule has 2 heterocycles. The number of carbonyl (C=O) groups is 2. The van der Waals surface area contributed by atoms with Crippen LogP contribution in [-0.2, 0) is 0 Å². The van der Waals surface area contributed by atoms with Crippen LogP contribution in [0.15, 0.2) is 24.3 Å². The number of benzene rings is 1. The number of nitrogens with zero attached hydrogens (tertiary/aromatic N) is 3. The van der Waals surface area contributed by atoms with Crippen LogP contribution in [0.5, 0.6) is 0 Å². The molecule has 2 aromatic rings. The third-order valence-electron chi connectivity index (χ3n) is 4.02. The molecule has 1 aromatic carbocycles. The third-order valence-corrected chi connectivity index (χ3v) is 5.00. The van der Waals surface area contributed by atoms with Gasteiger partial charge in [-0.1, -0.05) is 11.6 Å². The zero-order valence-corrected chi connectivity index (χ0v) is 14.7. The third kappa shape index (κ3) is 3.91. The van der Waals surface area contributed by atoms with Crippen molar-refractivity contribution in [3.63, 3.8) is 0 Å². The Hall–Kier alpha value is -1.99. The molecule has 3 rings (SSSR count). The van der Waals surface area contributed by atoms with Crippen LogP contribution >= 0.6 is 23.1 Å². The number of halogens is 1. The molecule has 0 bridgehead atoms. The van der Waals surface area contributed by atoms with E-state index >= 15 is 0 Å². The number of aryl methyl sites for hydroxylation is 1. The Bertz CT molecular complexity index is 739. The molecule has 1 saturated heterocycles. The number of nitrogens with one attached hydrogen (secondary N) is 1. The van der Waals surface area contributed by atoms with Gasteiger partial charge in [0, 0.05) is 41.1 Å². The number of aromatic nitrogens is 2. The molecule has 2 amide bonds. The number of likely N-dealkylation sites (tertiary alicyclic amines) is 1. The molecule has 126 valence electrons. The van der Waals surface area contributed by atoms with Gasteiger partial charge in [-0.05, 0) is 44.0 Å². The average molecular weight is 365 g/mol. The minimum Gasteiger partial charge on any atom is -0.324 e. The van der Waals surface area contributed by atoms with E-state index in [0.717, 1.165) is 11.5 Å². The molecule has 1 N–H and O–H groups in total. The number of rotatable bonds is 3. The summed E-state index contributed by atoms with van der Waals surface area (Å²) in [6, 6.07) is 6.76. The maximum atomic E-state index is 12.5. The fraction of sp³-hybridized carbons (Fsp3) is 0.375. The summed E-state index contributed by atoms with van der Waals surface area (Å²) in [5.41, 5.74) is 0.673. The highest BCUT2D eigenvalue weighted by atomic mass is 35.5. The van der Waals surface area contributed by atoms with Crippen molar-refractivity contribution in [2.24, 2.45) is 5.92 Å². The molecule has 8 heteroatoms. The van der Waals surface area contributed by atoms with Crippen molar-refractivity contribution >= 4 is 40.1 Å². The molecule has 1 aliphatic rings. The van der Waals surface area contributed by atoms with E-state index in [1.54, 1.807) is 36.1 Å². The van der Waals surface area contributed by atoms with Crippen LogP contribution in [0.25, 0.3) is 0 Å². The number of carbonyl (C=O) groups excluding carboxylic acids is 2.